The Kier molecular flexibility index (Phi) is 4.21. The fraction of sp³-hybridized carbons (Fsp3) is 0.0769. The summed E-state index contributed by atoms with van der Waals surface area (Å²) in [5.41, 5.74) is 0.319. The quantitative estimate of drug-likeness (QED) is 0.756. The van der Waals surface area contributed by atoms with Gasteiger partial charge in [-0.25, -0.2) is 14.2 Å². The van der Waals surface area contributed by atoms with Crippen LogP contribution in [0.25, 0.3) is 0 Å². The van der Waals surface area contributed by atoms with Crippen LogP contribution in [0.2, 0.25) is 0 Å². The Bertz CT molecular complexity index is 635. The minimum atomic E-state index is -0.732. The van der Waals surface area contributed by atoms with Crippen LogP contribution in [0, 0.1) is 11.8 Å². The van der Waals surface area contributed by atoms with E-state index in [1.807, 2.05) is 0 Å². The van der Waals surface area contributed by atoms with E-state index >= 15 is 0 Å². The molecule has 2 rings (SSSR count). The summed E-state index contributed by atoms with van der Waals surface area (Å²) in [5, 5.41) is 13.8. The summed E-state index contributed by atoms with van der Waals surface area (Å²) in [7, 11) is 0. The molecule has 2 aromatic rings. The molecule has 20 heavy (non-hydrogen) atoms. The summed E-state index contributed by atoms with van der Waals surface area (Å²) >= 11 is 0. The molecule has 2 amide bonds. The SMILES string of the molecule is O=C(Nc1ccnc(F)c1)Nc1cccc(F)c1CO. The second kappa shape index (κ2) is 6.07. The van der Waals surface area contributed by atoms with Crippen LogP contribution in [0.15, 0.2) is 36.5 Å². The third kappa shape index (κ3) is 3.27. The molecular formula is C13H11F2N3O2. The molecule has 1 aromatic heterocycles. The maximum Gasteiger partial charge on any atom is 0.323 e. The highest BCUT2D eigenvalue weighted by Crippen LogP contribution is 2.19. The molecule has 104 valence electrons. The van der Waals surface area contributed by atoms with E-state index in [1.165, 1.54) is 30.5 Å². The van der Waals surface area contributed by atoms with Crippen LogP contribution in [-0.2, 0) is 6.61 Å². The zero-order valence-corrected chi connectivity index (χ0v) is 10.2. The van der Waals surface area contributed by atoms with Crippen LogP contribution in [0.4, 0.5) is 25.0 Å². The number of nitrogens with one attached hydrogen (secondary N) is 2. The Morgan fingerprint density at radius 1 is 1.25 bits per heavy atom. The number of hydrogen-bond donors (Lipinski definition) is 3. The lowest BCUT2D eigenvalue weighted by atomic mass is 10.2. The van der Waals surface area contributed by atoms with Gasteiger partial charge in [-0.1, -0.05) is 6.07 Å². The van der Waals surface area contributed by atoms with E-state index in [2.05, 4.69) is 15.6 Å². The topological polar surface area (TPSA) is 74.2 Å². The van der Waals surface area contributed by atoms with Gasteiger partial charge in [0.2, 0.25) is 5.95 Å². The van der Waals surface area contributed by atoms with E-state index in [0.29, 0.717) is 0 Å². The van der Waals surface area contributed by atoms with Crippen molar-refractivity contribution in [2.24, 2.45) is 0 Å². The van der Waals surface area contributed by atoms with Crippen LogP contribution in [0.1, 0.15) is 5.56 Å². The van der Waals surface area contributed by atoms with Gasteiger partial charge < -0.3 is 15.7 Å². The normalized spacial score (nSPS) is 10.2. The number of pyridine rings is 1. The minimum Gasteiger partial charge on any atom is -0.391 e. The van der Waals surface area contributed by atoms with Gasteiger partial charge >= 0.3 is 6.03 Å². The first-order valence-electron chi connectivity index (χ1n) is 5.68. The molecule has 5 nitrogen and oxygen atoms in total. The predicted octanol–water partition coefficient (Wildman–Crippen LogP) is 2.50. The molecule has 0 unspecified atom stereocenters. The third-order valence-electron chi connectivity index (χ3n) is 2.51. The first kappa shape index (κ1) is 13.9. The number of urea groups is 1. The summed E-state index contributed by atoms with van der Waals surface area (Å²) in [4.78, 5) is 15.1. The summed E-state index contributed by atoms with van der Waals surface area (Å²) in [6, 6.07) is 5.78. The second-order valence-corrected chi connectivity index (χ2v) is 3.87. The molecule has 0 aliphatic carbocycles. The van der Waals surface area contributed by atoms with Crippen molar-refractivity contribution in [3.63, 3.8) is 0 Å². The van der Waals surface area contributed by atoms with E-state index in [4.69, 9.17) is 5.11 Å². The number of aromatic nitrogens is 1. The van der Waals surface area contributed by atoms with Gasteiger partial charge in [0.15, 0.2) is 0 Å². The van der Waals surface area contributed by atoms with Crippen molar-refractivity contribution in [3.05, 3.63) is 53.9 Å². The number of carbonyl (C=O) groups excluding carboxylic acids is 1. The maximum absolute atomic E-state index is 13.4. The molecule has 3 N–H and O–H groups in total. The number of rotatable bonds is 3. The van der Waals surface area contributed by atoms with Gasteiger partial charge in [-0.15, -0.1) is 0 Å². The zero-order valence-electron chi connectivity index (χ0n) is 10.2. The van der Waals surface area contributed by atoms with Gasteiger partial charge in [-0.2, -0.15) is 4.39 Å². The van der Waals surface area contributed by atoms with Crippen molar-refractivity contribution in [2.45, 2.75) is 6.61 Å². The molecule has 0 spiro atoms. The summed E-state index contributed by atoms with van der Waals surface area (Å²) in [6.45, 7) is -0.549. The molecule has 0 saturated heterocycles. The lowest BCUT2D eigenvalue weighted by molar-refractivity contribution is 0.261. The predicted molar refractivity (Wildman–Crippen MR) is 69.2 cm³/mol. The summed E-state index contributed by atoms with van der Waals surface area (Å²) in [6.07, 6.45) is 1.20. The average Bonchev–Trinajstić information content (AvgIpc) is 2.38. The number of aliphatic hydroxyl groups is 1. The first-order chi connectivity index (χ1) is 9.60. The van der Waals surface area contributed by atoms with E-state index in [0.717, 1.165) is 6.07 Å². The average molecular weight is 279 g/mol. The monoisotopic (exact) mass is 279 g/mol. The highest BCUT2D eigenvalue weighted by molar-refractivity contribution is 6.00. The van der Waals surface area contributed by atoms with E-state index in [9.17, 15) is 13.6 Å². The van der Waals surface area contributed by atoms with Gasteiger partial charge in [-0.3, -0.25) is 0 Å². The molecule has 0 bridgehead atoms. The third-order valence-corrected chi connectivity index (χ3v) is 2.51. The highest BCUT2D eigenvalue weighted by atomic mass is 19.1. The van der Waals surface area contributed by atoms with Gasteiger partial charge in [0.25, 0.3) is 0 Å². The highest BCUT2D eigenvalue weighted by Gasteiger charge is 2.10. The molecule has 0 saturated carbocycles. The smallest absolute Gasteiger partial charge is 0.323 e. The van der Waals surface area contributed by atoms with Crippen LogP contribution in [0.5, 0.6) is 0 Å². The molecule has 0 aliphatic rings. The molecule has 0 atom stereocenters. The number of carbonyl (C=O) groups is 1. The standard InChI is InChI=1S/C13H11F2N3O2/c14-10-2-1-3-11(9(10)7-19)18-13(20)17-8-4-5-16-12(15)6-8/h1-6,19H,7H2,(H2,16,17,18,20). The second-order valence-electron chi connectivity index (χ2n) is 3.87. The Labute approximate surface area is 113 Å². The largest absolute Gasteiger partial charge is 0.391 e. The lowest BCUT2D eigenvalue weighted by Gasteiger charge is -2.11. The van der Waals surface area contributed by atoms with Crippen LogP contribution in [-0.4, -0.2) is 16.1 Å². The fourth-order valence-corrected chi connectivity index (χ4v) is 1.60. The van der Waals surface area contributed by atoms with Crippen molar-refractivity contribution in [3.8, 4) is 0 Å². The number of nitrogens with zero attached hydrogens (tertiary/aromatic N) is 1. The van der Waals surface area contributed by atoms with Crippen molar-refractivity contribution < 1.29 is 18.7 Å². The van der Waals surface area contributed by atoms with Crippen molar-refractivity contribution in [1.82, 2.24) is 4.98 Å². The molecule has 1 heterocycles. The Morgan fingerprint density at radius 2 is 2.05 bits per heavy atom. The minimum absolute atomic E-state index is 0.0245. The van der Waals surface area contributed by atoms with E-state index in [-0.39, 0.29) is 16.9 Å². The number of amides is 2. The van der Waals surface area contributed by atoms with Crippen LogP contribution in [0.3, 0.4) is 0 Å². The lowest BCUT2D eigenvalue weighted by Crippen LogP contribution is -2.20. The first-order valence-corrected chi connectivity index (χ1v) is 5.68. The number of hydrogen-bond acceptors (Lipinski definition) is 3. The number of benzene rings is 1. The van der Waals surface area contributed by atoms with Gasteiger partial charge in [-0.05, 0) is 18.2 Å². The Morgan fingerprint density at radius 3 is 2.75 bits per heavy atom. The van der Waals surface area contributed by atoms with Crippen molar-refractivity contribution in [1.29, 1.82) is 0 Å². The maximum atomic E-state index is 13.4. The fourth-order valence-electron chi connectivity index (χ4n) is 1.60. The van der Waals surface area contributed by atoms with Crippen molar-refractivity contribution >= 4 is 17.4 Å². The Hall–Kier alpha value is -2.54. The number of anilines is 2. The van der Waals surface area contributed by atoms with E-state index in [1.54, 1.807) is 0 Å². The van der Waals surface area contributed by atoms with Gasteiger partial charge in [0.05, 0.1) is 12.3 Å². The van der Waals surface area contributed by atoms with Gasteiger partial charge in [0, 0.05) is 23.5 Å². The molecule has 0 fully saturated rings. The summed E-state index contributed by atoms with van der Waals surface area (Å²) < 4.78 is 26.2. The van der Waals surface area contributed by atoms with E-state index < -0.39 is 24.4 Å². The Balaban J connectivity index is 2.11. The molecule has 7 heteroatoms. The molecule has 1 aromatic carbocycles. The zero-order chi connectivity index (χ0) is 14.5. The number of halogens is 2. The summed E-state index contributed by atoms with van der Waals surface area (Å²) in [5.74, 6) is -1.36. The molecular weight excluding hydrogens is 268 g/mol. The van der Waals surface area contributed by atoms with Crippen LogP contribution >= 0.6 is 0 Å². The number of aliphatic hydroxyl groups excluding tert-OH is 1. The van der Waals surface area contributed by atoms with Gasteiger partial charge in [0.1, 0.15) is 5.82 Å². The van der Waals surface area contributed by atoms with Crippen molar-refractivity contribution in [2.75, 3.05) is 10.6 Å². The molecule has 0 radical (unpaired) electrons. The molecule has 0 aliphatic heterocycles. The van der Waals surface area contributed by atoms with Crippen LogP contribution < -0.4 is 10.6 Å².